The zero-order valence-electron chi connectivity index (χ0n) is 13.5. The summed E-state index contributed by atoms with van der Waals surface area (Å²) in [7, 11) is -3.72. The first-order valence-electron chi connectivity index (χ1n) is 7.73. The summed E-state index contributed by atoms with van der Waals surface area (Å²) in [4.78, 5) is 12.6. The molecule has 1 aliphatic heterocycles. The number of hydrogen-bond acceptors (Lipinski definition) is 5. The second-order valence-corrected chi connectivity index (χ2v) is 8.59. The Morgan fingerprint density at radius 2 is 1.65 bits per heavy atom. The number of anilines is 1. The van der Waals surface area contributed by atoms with E-state index in [9.17, 15) is 22.9 Å². The van der Waals surface area contributed by atoms with E-state index in [2.05, 4.69) is 15.9 Å². The van der Waals surface area contributed by atoms with Gasteiger partial charge in [0.2, 0.25) is 10.0 Å². The van der Waals surface area contributed by atoms with Gasteiger partial charge in [-0.3, -0.25) is 10.1 Å². The SMILES string of the molecule is O=[N+]([O-])c1cc(Br)ccc1N1CCN(S(=O)(=O)c2ccc(F)cc2)CC1. The van der Waals surface area contributed by atoms with Gasteiger partial charge in [-0.2, -0.15) is 4.31 Å². The molecule has 2 aromatic rings. The third-order valence-corrected chi connectivity index (χ3v) is 6.57. The van der Waals surface area contributed by atoms with Gasteiger partial charge in [-0.1, -0.05) is 15.9 Å². The molecule has 0 aromatic heterocycles. The highest BCUT2D eigenvalue weighted by Crippen LogP contribution is 2.32. The lowest BCUT2D eigenvalue weighted by atomic mass is 10.2. The van der Waals surface area contributed by atoms with Crippen LogP contribution in [0.5, 0.6) is 0 Å². The van der Waals surface area contributed by atoms with Crippen LogP contribution in [0.4, 0.5) is 15.8 Å². The highest BCUT2D eigenvalue weighted by Gasteiger charge is 2.30. The minimum atomic E-state index is -3.72. The van der Waals surface area contributed by atoms with Crippen molar-refractivity contribution in [1.82, 2.24) is 4.31 Å². The second kappa shape index (κ2) is 7.29. The van der Waals surface area contributed by atoms with E-state index in [1.54, 1.807) is 17.0 Å². The van der Waals surface area contributed by atoms with E-state index >= 15 is 0 Å². The van der Waals surface area contributed by atoms with Crippen LogP contribution in [0.2, 0.25) is 0 Å². The van der Waals surface area contributed by atoms with Gasteiger partial charge in [-0.15, -0.1) is 0 Å². The summed E-state index contributed by atoms with van der Waals surface area (Å²) >= 11 is 3.22. The first-order valence-corrected chi connectivity index (χ1v) is 9.97. The van der Waals surface area contributed by atoms with Crippen molar-refractivity contribution < 1.29 is 17.7 Å². The molecule has 1 heterocycles. The summed E-state index contributed by atoms with van der Waals surface area (Å²) in [6.45, 7) is 1.02. The Morgan fingerprint density at radius 3 is 2.23 bits per heavy atom. The molecule has 0 radical (unpaired) electrons. The van der Waals surface area contributed by atoms with E-state index in [1.807, 2.05) is 0 Å². The van der Waals surface area contributed by atoms with E-state index in [1.165, 1.54) is 22.5 Å². The van der Waals surface area contributed by atoms with Crippen molar-refractivity contribution in [2.75, 3.05) is 31.1 Å². The van der Waals surface area contributed by atoms with Crippen molar-refractivity contribution in [3.05, 3.63) is 62.9 Å². The van der Waals surface area contributed by atoms with Crippen LogP contribution in [0.1, 0.15) is 0 Å². The number of nitrogens with zero attached hydrogens (tertiary/aromatic N) is 3. The molecule has 3 rings (SSSR count). The van der Waals surface area contributed by atoms with Gasteiger partial charge >= 0.3 is 0 Å². The van der Waals surface area contributed by atoms with E-state index in [0.29, 0.717) is 23.2 Å². The van der Waals surface area contributed by atoms with Gasteiger partial charge in [-0.25, -0.2) is 12.8 Å². The minimum absolute atomic E-state index is 0.0296. The van der Waals surface area contributed by atoms with Gasteiger partial charge in [0, 0.05) is 36.7 Å². The third-order valence-electron chi connectivity index (χ3n) is 4.16. The molecule has 0 amide bonds. The summed E-state index contributed by atoms with van der Waals surface area (Å²) in [5.41, 5.74) is 0.422. The summed E-state index contributed by atoms with van der Waals surface area (Å²) < 4.78 is 40.2. The number of nitro benzene ring substituents is 1. The topological polar surface area (TPSA) is 83.8 Å². The van der Waals surface area contributed by atoms with Gasteiger partial charge in [0.05, 0.1) is 9.82 Å². The summed E-state index contributed by atoms with van der Waals surface area (Å²) in [5, 5.41) is 11.3. The number of sulfonamides is 1. The predicted molar refractivity (Wildman–Crippen MR) is 98.2 cm³/mol. The Kier molecular flexibility index (Phi) is 5.26. The average molecular weight is 444 g/mol. The lowest BCUT2D eigenvalue weighted by Crippen LogP contribution is -2.48. The molecular weight excluding hydrogens is 429 g/mol. The van der Waals surface area contributed by atoms with Crippen LogP contribution in [-0.2, 0) is 10.0 Å². The molecule has 0 spiro atoms. The molecule has 0 atom stereocenters. The van der Waals surface area contributed by atoms with Gasteiger partial charge in [-0.05, 0) is 36.4 Å². The van der Waals surface area contributed by atoms with Crippen molar-refractivity contribution in [2.24, 2.45) is 0 Å². The van der Waals surface area contributed by atoms with Gasteiger partial charge in [0.15, 0.2) is 0 Å². The molecule has 138 valence electrons. The standard InChI is InChI=1S/C16H15BrFN3O4S/c17-12-1-6-15(16(11-12)21(22)23)19-7-9-20(10-8-19)26(24,25)14-4-2-13(18)3-5-14/h1-6,11H,7-10H2. The van der Waals surface area contributed by atoms with E-state index in [0.717, 1.165) is 12.1 Å². The fraction of sp³-hybridized carbons (Fsp3) is 0.250. The largest absolute Gasteiger partial charge is 0.363 e. The molecule has 0 bridgehead atoms. The molecule has 0 N–H and O–H groups in total. The summed E-state index contributed by atoms with van der Waals surface area (Å²) in [6, 6.07) is 9.46. The number of rotatable bonds is 4. The molecule has 0 aliphatic carbocycles. The Bertz CT molecular complexity index is 929. The smallest absolute Gasteiger partial charge is 0.293 e. The second-order valence-electron chi connectivity index (χ2n) is 5.74. The maximum Gasteiger partial charge on any atom is 0.293 e. The Labute approximate surface area is 158 Å². The molecule has 7 nitrogen and oxygen atoms in total. The van der Waals surface area contributed by atoms with Crippen LogP contribution in [0.15, 0.2) is 51.8 Å². The lowest BCUT2D eigenvalue weighted by molar-refractivity contribution is -0.384. The monoisotopic (exact) mass is 443 g/mol. The van der Waals surface area contributed by atoms with E-state index in [4.69, 9.17) is 0 Å². The molecule has 0 saturated carbocycles. The first kappa shape index (κ1) is 18.7. The molecule has 1 saturated heterocycles. The average Bonchev–Trinajstić information content (AvgIpc) is 2.62. The number of nitro groups is 1. The van der Waals surface area contributed by atoms with Crippen molar-refractivity contribution in [1.29, 1.82) is 0 Å². The van der Waals surface area contributed by atoms with Crippen LogP contribution in [0.3, 0.4) is 0 Å². The van der Waals surface area contributed by atoms with Crippen molar-refractivity contribution in [3.8, 4) is 0 Å². The number of piperazine rings is 1. The van der Waals surface area contributed by atoms with Crippen LogP contribution in [-0.4, -0.2) is 43.8 Å². The molecule has 10 heteroatoms. The fourth-order valence-electron chi connectivity index (χ4n) is 2.84. The van der Waals surface area contributed by atoms with Gasteiger partial charge in [0.1, 0.15) is 11.5 Å². The van der Waals surface area contributed by atoms with Crippen molar-refractivity contribution >= 4 is 37.3 Å². The fourth-order valence-corrected chi connectivity index (χ4v) is 4.61. The first-order chi connectivity index (χ1) is 12.3. The quantitative estimate of drug-likeness (QED) is 0.535. The molecule has 26 heavy (non-hydrogen) atoms. The van der Waals surface area contributed by atoms with Crippen molar-refractivity contribution in [2.45, 2.75) is 4.90 Å². The highest BCUT2D eigenvalue weighted by atomic mass is 79.9. The van der Waals surface area contributed by atoms with Gasteiger partial charge in [0.25, 0.3) is 5.69 Å². The van der Waals surface area contributed by atoms with Crippen molar-refractivity contribution in [3.63, 3.8) is 0 Å². The lowest BCUT2D eigenvalue weighted by Gasteiger charge is -2.35. The zero-order chi connectivity index (χ0) is 18.9. The molecule has 2 aromatic carbocycles. The minimum Gasteiger partial charge on any atom is -0.363 e. The molecular formula is C16H15BrFN3O4S. The van der Waals surface area contributed by atoms with Crippen LogP contribution in [0, 0.1) is 15.9 Å². The van der Waals surface area contributed by atoms with Gasteiger partial charge < -0.3 is 4.90 Å². The van der Waals surface area contributed by atoms with Crippen LogP contribution < -0.4 is 4.90 Å². The third kappa shape index (κ3) is 3.71. The van der Waals surface area contributed by atoms with E-state index < -0.39 is 20.8 Å². The Morgan fingerprint density at radius 1 is 1.04 bits per heavy atom. The Hall–Kier alpha value is -2.04. The van der Waals surface area contributed by atoms with Crippen LogP contribution >= 0.6 is 15.9 Å². The molecule has 1 aliphatic rings. The van der Waals surface area contributed by atoms with E-state index in [-0.39, 0.29) is 23.7 Å². The zero-order valence-corrected chi connectivity index (χ0v) is 15.9. The molecule has 1 fully saturated rings. The number of benzene rings is 2. The predicted octanol–water partition coefficient (Wildman–Crippen LogP) is 3.01. The summed E-state index contributed by atoms with van der Waals surface area (Å²) in [5.74, 6) is -0.503. The number of halogens is 2. The highest BCUT2D eigenvalue weighted by molar-refractivity contribution is 9.10. The number of hydrogen-bond donors (Lipinski definition) is 0. The molecule has 0 unspecified atom stereocenters. The normalized spacial score (nSPS) is 15.8. The van der Waals surface area contributed by atoms with Crippen LogP contribution in [0.25, 0.3) is 0 Å². The maximum absolute atomic E-state index is 13.0. The summed E-state index contributed by atoms with van der Waals surface area (Å²) in [6.07, 6.45) is 0. The Balaban J connectivity index is 1.77. The maximum atomic E-state index is 13.0.